The Bertz CT molecular complexity index is 253. The minimum absolute atomic E-state index is 0.414. The lowest BCUT2D eigenvalue weighted by molar-refractivity contribution is 0.567. The van der Waals surface area contributed by atoms with Gasteiger partial charge in [0, 0.05) is 0 Å². The molecule has 1 N–H and O–H groups in total. The molecular formula is C4H3N5O. The van der Waals surface area contributed by atoms with Gasteiger partial charge in [-0.1, -0.05) is 0 Å². The molecule has 0 bridgehead atoms. The third-order valence-electron chi connectivity index (χ3n) is 0.998. The van der Waals surface area contributed by atoms with Gasteiger partial charge in [0.25, 0.3) is 0 Å². The molecule has 0 unspecified atom stereocenters. The van der Waals surface area contributed by atoms with E-state index in [2.05, 4.69) is 25.6 Å². The topological polar surface area (TPSA) is 80.5 Å². The van der Waals surface area contributed by atoms with Gasteiger partial charge in [-0.05, 0) is 5.21 Å². The molecule has 0 saturated carbocycles. The van der Waals surface area contributed by atoms with Crippen LogP contribution in [0.3, 0.4) is 0 Å². The van der Waals surface area contributed by atoms with Gasteiger partial charge in [0.05, 0.1) is 6.20 Å². The Morgan fingerprint density at radius 3 is 3.10 bits per heavy atom. The lowest BCUT2D eigenvalue weighted by Crippen LogP contribution is -1.75. The van der Waals surface area contributed by atoms with E-state index in [0.29, 0.717) is 11.6 Å². The molecule has 2 aromatic rings. The second-order valence-corrected chi connectivity index (χ2v) is 1.60. The molecule has 2 heterocycles. The molecule has 0 spiro atoms. The summed E-state index contributed by atoms with van der Waals surface area (Å²) in [5, 5.41) is 13.0. The number of aromatic amines is 1. The van der Waals surface area contributed by atoms with E-state index in [4.69, 9.17) is 4.42 Å². The summed E-state index contributed by atoms with van der Waals surface area (Å²) < 4.78 is 4.88. The average molecular weight is 137 g/mol. The summed E-state index contributed by atoms with van der Waals surface area (Å²) >= 11 is 0. The van der Waals surface area contributed by atoms with Crippen molar-refractivity contribution in [1.29, 1.82) is 0 Å². The molecule has 0 aliphatic heterocycles. The molecular weight excluding hydrogens is 134 g/mol. The minimum atomic E-state index is 0.414. The fraction of sp³-hybridized carbons (Fsp3) is 0. The molecule has 6 nitrogen and oxygen atoms in total. The quantitative estimate of drug-likeness (QED) is 0.591. The van der Waals surface area contributed by atoms with Crippen molar-refractivity contribution in [3.8, 4) is 11.6 Å². The van der Waals surface area contributed by atoms with E-state index in [9.17, 15) is 0 Å². The van der Waals surface area contributed by atoms with Crippen LogP contribution < -0.4 is 0 Å². The number of hydrogen-bond donors (Lipinski definition) is 1. The number of nitrogens with zero attached hydrogens (tertiary/aromatic N) is 4. The highest BCUT2D eigenvalue weighted by atomic mass is 16.3. The summed E-state index contributed by atoms with van der Waals surface area (Å²) in [6.07, 6.45) is 2.83. The Labute approximate surface area is 55.3 Å². The predicted octanol–water partition coefficient (Wildman–Crippen LogP) is -0.145. The van der Waals surface area contributed by atoms with Crippen molar-refractivity contribution >= 4 is 0 Å². The summed E-state index contributed by atoms with van der Waals surface area (Å²) in [5.41, 5.74) is 0. The first-order chi connectivity index (χ1) is 4.97. The van der Waals surface area contributed by atoms with Crippen molar-refractivity contribution in [1.82, 2.24) is 25.6 Å². The van der Waals surface area contributed by atoms with Gasteiger partial charge in [0.2, 0.25) is 5.82 Å². The van der Waals surface area contributed by atoms with Crippen LogP contribution in [-0.2, 0) is 0 Å². The van der Waals surface area contributed by atoms with Crippen LogP contribution in [0.15, 0.2) is 17.0 Å². The van der Waals surface area contributed by atoms with E-state index in [1.807, 2.05) is 0 Å². The standard InChI is InChI=1S/C4H3N5O/c1-3(10-2-5-1)4-6-8-9-7-4/h1-2H,(H,6,7,8,9). The fourth-order valence-corrected chi connectivity index (χ4v) is 0.592. The Morgan fingerprint density at radius 2 is 2.50 bits per heavy atom. The van der Waals surface area contributed by atoms with Gasteiger partial charge in [-0.2, -0.15) is 5.21 Å². The second-order valence-electron chi connectivity index (χ2n) is 1.60. The predicted molar refractivity (Wildman–Crippen MR) is 29.7 cm³/mol. The van der Waals surface area contributed by atoms with E-state index in [-0.39, 0.29) is 0 Å². The summed E-state index contributed by atoms with van der Waals surface area (Å²) in [5.74, 6) is 0.922. The highest BCUT2D eigenvalue weighted by Gasteiger charge is 2.03. The van der Waals surface area contributed by atoms with Crippen molar-refractivity contribution < 1.29 is 4.42 Å². The van der Waals surface area contributed by atoms with Crippen LogP contribution in [0, 0.1) is 0 Å². The Kier molecular flexibility index (Phi) is 0.970. The SMILES string of the molecule is c1ncc(-c2nn[nH]n2)o1. The first-order valence-electron chi connectivity index (χ1n) is 2.59. The Morgan fingerprint density at radius 1 is 1.50 bits per heavy atom. The molecule has 10 heavy (non-hydrogen) atoms. The molecule has 0 aliphatic rings. The number of aromatic nitrogens is 5. The number of H-pyrrole nitrogens is 1. The Balaban J connectivity index is 2.48. The molecule has 0 atom stereocenters. The number of nitrogens with one attached hydrogen (secondary N) is 1. The van der Waals surface area contributed by atoms with Crippen molar-refractivity contribution in [2.75, 3.05) is 0 Å². The van der Waals surface area contributed by atoms with Gasteiger partial charge >= 0.3 is 0 Å². The number of rotatable bonds is 1. The Hall–Kier alpha value is -1.72. The molecule has 2 rings (SSSR count). The van der Waals surface area contributed by atoms with Crippen molar-refractivity contribution in [2.24, 2.45) is 0 Å². The first kappa shape index (κ1) is 5.10. The molecule has 0 aromatic carbocycles. The van der Waals surface area contributed by atoms with E-state index in [0.717, 1.165) is 0 Å². The maximum absolute atomic E-state index is 4.88. The van der Waals surface area contributed by atoms with Crippen LogP contribution in [0.5, 0.6) is 0 Å². The van der Waals surface area contributed by atoms with Gasteiger partial charge < -0.3 is 4.42 Å². The van der Waals surface area contributed by atoms with Crippen LogP contribution in [-0.4, -0.2) is 25.6 Å². The monoisotopic (exact) mass is 137 g/mol. The van der Waals surface area contributed by atoms with Gasteiger partial charge in [0.1, 0.15) is 0 Å². The van der Waals surface area contributed by atoms with Crippen LogP contribution in [0.2, 0.25) is 0 Å². The molecule has 50 valence electrons. The van der Waals surface area contributed by atoms with Gasteiger partial charge in [-0.25, -0.2) is 4.98 Å². The second kappa shape index (κ2) is 1.90. The zero-order chi connectivity index (χ0) is 6.81. The van der Waals surface area contributed by atoms with Crippen LogP contribution in [0.4, 0.5) is 0 Å². The summed E-state index contributed by atoms with van der Waals surface area (Å²) in [6.45, 7) is 0. The van der Waals surface area contributed by atoms with E-state index in [1.54, 1.807) is 0 Å². The van der Waals surface area contributed by atoms with E-state index >= 15 is 0 Å². The van der Waals surface area contributed by atoms with Crippen molar-refractivity contribution in [3.05, 3.63) is 12.6 Å². The van der Waals surface area contributed by atoms with E-state index < -0.39 is 0 Å². The zero-order valence-corrected chi connectivity index (χ0v) is 4.85. The van der Waals surface area contributed by atoms with Crippen LogP contribution in [0.25, 0.3) is 11.6 Å². The lowest BCUT2D eigenvalue weighted by atomic mass is 10.5. The zero-order valence-electron chi connectivity index (χ0n) is 4.85. The van der Waals surface area contributed by atoms with Crippen LogP contribution >= 0.6 is 0 Å². The molecule has 2 aromatic heterocycles. The first-order valence-corrected chi connectivity index (χ1v) is 2.59. The molecule has 0 fully saturated rings. The fourth-order valence-electron chi connectivity index (χ4n) is 0.592. The molecule has 6 heteroatoms. The maximum atomic E-state index is 4.88. The smallest absolute Gasteiger partial charge is 0.241 e. The summed E-state index contributed by atoms with van der Waals surface area (Å²) in [7, 11) is 0. The third-order valence-corrected chi connectivity index (χ3v) is 0.998. The van der Waals surface area contributed by atoms with Crippen molar-refractivity contribution in [2.45, 2.75) is 0 Å². The van der Waals surface area contributed by atoms with E-state index in [1.165, 1.54) is 12.6 Å². The van der Waals surface area contributed by atoms with Gasteiger partial charge in [-0.15, -0.1) is 10.2 Å². The minimum Gasteiger partial charge on any atom is -0.440 e. The van der Waals surface area contributed by atoms with Gasteiger partial charge in [0.15, 0.2) is 12.2 Å². The number of hydrogen-bond acceptors (Lipinski definition) is 5. The summed E-state index contributed by atoms with van der Waals surface area (Å²) in [4.78, 5) is 3.69. The third kappa shape index (κ3) is 0.661. The van der Waals surface area contributed by atoms with Crippen molar-refractivity contribution in [3.63, 3.8) is 0 Å². The van der Waals surface area contributed by atoms with Crippen LogP contribution in [0.1, 0.15) is 0 Å². The lowest BCUT2D eigenvalue weighted by Gasteiger charge is -1.78. The number of tetrazole rings is 1. The molecule has 0 aliphatic carbocycles. The average Bonchev–Trinajstić information content (AvgIpc) is 2.59. The normalized spacial score (nSPS) is 10.0. The molecule has 0 saturated heterocycles. The largest absolute Gasteiger partial charge is 0.440 e. The number of oxazole rings is 1. The maximum Gasteiger partial charge on any atom is 0.241 e. The molecule has 0 amide bonds. The van der Waals surface area contributed by atoms with Gasteiger partial charge in [-0.3, -0.25) is 0 Å². The highest BCUT2D eigenvalue weighted by molar-refractivity contribution is 5.41. The highest BCUT2D eigenvalue weighted by Crippen LogP contribution is 2.09. The molecule has 0 radical (unpaired) electrons. The summed E-state index contributed by atoms with van der Waals surface area (Å²) in [6, 6.07) is 0.